The molecule has 1 aromatic rings. The second-order valence-corrected chi connectivity index (χ2v) is 7.02. The molecule has 2 bridgehead atoms. The molecule has 1 aromatic carbocycles. The number of benzene rings is 1. The normalized spacial score (nSPS) is 30.3. The number of anilines is 1. The fourth-order valence-corrected chi connectivity index (χ4v) is 3.67. The van der Waals surface area contributed by atoms with Gasteiger partial charge in [0.25, 0.3) is 0 Å². The minimum atomic E-state index is -3.63. The molecule has 3 N–H and O–H groups in total. The van der Waals surface area contributed by atoms with E-state index in [-0.39, 0.29) is 4.90 Å². The van der Waals surface area contributed by atoms with Gasteiger partial charge in [-0.05, 0) is 50.0 Å². The summed E-state index contributed by atoms with van der Waals surface area (Å²) < 4.78 is 22.7. The van der Waals surface area contributed by atoms with E-state index in [2.05, 4.69) is 10.2 Å². The van der Waals surface area contributed by atoms with E-state index in [0.717, 1.165) is 12.2 Å². The molecule has 0 radical (unpaired) electrons. The van der Waals surface area contributed by atoms with E-state index in [1.165, 1.54) is 32.0 Å². The fraction of sp³-hybridized carbons (Fsp3) is 0.538. The Balaban J connectivity index is 1.77. The summed E-state index contributed by atoms with van der Waals surface area (Å²) in [6.07, 6.45) is 2.46. The minimum absolute atomic E-state index is 0.166. The highest BCUT2D eigenvalue weighted by Crippen LogP contribution is 2.30. The Kier molecular flexibility index (Phi) is 3.24. The van der Waals surface area contributed by atoms with Crippen molar-refractivity contribution in [3.8, 4) is 0 Å². The van der Waals surface area contributed by atoms with Gasteiger partial charge in [-0.25, -0.2) is 13.6 Å². The number of primary sulfonamides is 1. The largest absolute Gasteiger partial charge is 0.381 e. The van der Waals surface area contributed by atoms with Crippen molar-refractivity contribution in [3.63, 3.8) is 0 Å². The van der Waals surface area contributed by atoms with Crippen LogP contribution in [-0.2, 0) is 10.0 Å². The first-order chi connectivity index (χ1) is 9.02. The molecule has 0 amide bonds. The fourth-order valence-electron chi connectivity index (χ4n) is 3.11. The van der Waals surface area contributed by atoms with Crippen molar-refractivity contribution in [3.05, 3.63) is 24.3 Å². The molecule has 3 fully saturated rings. The average Bonchev–Trinajstić information content (AvgIpc) is 2.39. The van der Waals surface area contributed by atoms with E-state index in [0.29, 0.717) is 12.0 Å². The lowest BCUT2D eigenvalue weighted by molar-refractivity contribution is 0.0975. The number of hydrogen-bond acceptors (Lipinski definition) is 4. The molecule has 1 unspecified atom stereocenters. The molecular weight excluding hydrogens is 262 g/mol. The number of nitrogens with two attached hydrogens (primary N) is 1. The zero-order valence-electron chi connectivity index (χ0n) is 10.7. The first-order valence-electron chi connectivity index (χ1n) is 6.64. The Morgan fingerprint density at radius 2 is 2.00 bits per heavy atom. The van der Waals surface area contributed by atoms with Crippen molar-refractivity contribution >= 4 is 15.7 Å². The zero-order valence-corrected chi connectivity index (χ0v) is 11.6. The van der Waals surface area contributed by atoms with Gasteiger partial charge in [0.15, 0.2) is 0 Å². The summed E-state index contributed by atoms with van der Waals surface area (Å²) in [6.45, 7) is 3.43. The van der Waals surface area contributed by atoms with E-state index < -0.39 is 10.0 Å². The van der Waals surface area contributed by atoms with Gasteiger partial charge < -0.3 is 10.2 Å². The lowest BCUT2D eigenvalue weighted by atomic mass is 9.84. The molecule has 4 rings (SSSR count). The van der Waals surface area contributed by atoms with E-state index in [1.54, 1.807) is 12.1 Å². The van der Waals surface area contributed by atoms with Crippen LogP contribution < -0.4 is 10.5 Å². The molecule has 0 aliphatic carbocycles. The van der Waals surface area contributed by atoms with Gasteiger partial charge in [-0.15, -0.1) is 0 Å². The van der Waals surface area contributed by atoms with Crippen molar-refractivity contribution < 1.29 is 8.42 Å². The van der Waals surface area contributed by atoms with Gasteiger partial charge in [0.2, 0.25) is 10.0 Å². The van der Waals surface area contributed by atoms with Crippen LogP contribution in [-0.4, -0.2) is 39.0 Å². The molecule has 0 saturated carbocycles. The highest BCUT2D eigenvalue weighted by Gasteiger charge is 2.33. The van der Waals surface area contributed by atoms with E-state index in [4.69, 9.17) is 5.14 Å². The molecule has 6 heteroatoms. The Bertz CT molecular complexity index is 565. The molecule has 3 saturated heterocycles. The van der Waals surface area contributed by atoms with Crippen LogP contribution >= 0.6 is 0 Å². The number of nitrogens with zero attached hydrogens (tertiary/aromatic N) is 1. The van der Waals surface area contributed by atoms with Gasteiger partial charge in [-0.2, -0.15) is 0 Å². The maximum Gasteiger partial charge on any atom is 0.238 e. The number of piperidine rings is 3. The number of fused-ring (bicyclic) bond motifs is 3. The number of sulfonamides is 1. The summed E-state index contributed by atoms with van der Waals surface area (Å²) in [5.74, 6) is 0.697. The molecule has 3 heterocycles. The van der Waals surface area contributed by atoms with Crippen LogP contribution in [0.25, 0.3) is 0 Å². The molecule has 3 aliphatic heterocycles. The third-order valence-electron chi connectivity index (χ3n) is 4.17. The van der Waals surface area contributed by atoms with Crippen LogP contribution in [0.3, 0.4) is 0 Å². The van der Waals surface area contributed by atoms with Crippen molar-refractivity contribution in [2.24, 2.45) is 11.1 Å². The van der Waals surface area contributed by atoms with Crippen LogP contribution in [0, 0.1) is 5.92 Å². The SMILES string of the molecule is NS(=O)(=O)c1cccc(NC2CN3CCC2CC3)c1. The van der Waals surface area contributed by atoms with Gasteiger partial charge >= 0.3 is 0 Å². The Hall–Kier alpha value is -1.11. The first-order valence-corrected chi connectivity index (χ1v) is 8.19. The molecule has 3 aliphatic rings. The standard InChI is InChI=1S/C13H19N3O2S/c14-19(17,18)12-3-1-2-11(8-12)15-13-9-16-6-4-10(13)5-7-16/h1-3,8,10,13,15H,4-7,9H2,(H2,14,17,18). The number of rotatable bonds is 3. The highest BCUT2D eigenvalue weighted by atomic mass is 32.2. The zero-order chi connectivity index (χ0) is 13.5. The van der Waals surface area contributed by atoms with Gasteiger partial charge in [0.05, 0.1) is 4.90 Å². The topological polar surface area (TPSA) is 75.4 Å². The van der Waals surface area contributed by atoms with Crippen molar-refractivity contribution in [2.45, 2.75) is 23.8 Å². The van der Waals surface area contributed by atoms with Crippen molar-refractivity contribution in [1.29, 1.82) is 0 Å². The molecule has 104 valence electrons. The summed E-state index contributed by atoms with van der Waals surface area (Å²) >= 11 is 0. The first kappa shape index (κ1) is 12.9. The smallest absolute Gasteiger partial charge is 0.238 e. The van der Waals surface area contributed by atoms with Crippen LogP contribution in [0.15, 0.2) is 29.2 Å². The van der Waals surface area contributed by atoms with Crippen molar-refractivity contribution in [2.75, 3.05) is 25.0 Å². The van der Waals surface area contributed by atoms with Crippen LogP contribution in [0.1, 0.15) is 12.8 Å². The highest BCUT2D eigenvalue weighted by molar-refractivity contribution is 7.89. The van der Waals surface area contributed by atoms with E-state index in [9.17, 15) is 8.42 Å². The predicted molar refractivity (Wildman–Crippen MR) is 74.4 cm³/mol. The predicted octanol–water partition coefficient (Wildman–Crippen LogP) is 0.840. The monoisotopic (exact) mass is 281 g/mol. The molecule has 5 nitrogen and oxygen atoms in total. The lowest BCUT2D eigenvalue weighted by Crippen LogP contribution is -2.53. The van der Waals surface area contributed by atoms with Crippen molar-refractivity contribution in [1.82, 2.24) is 4.90 Å². The van der Waals surface area contributed by atoms with Crippen LogP contribution in [0.5, 0.6) is 0 Å². The third-order valence-corrected chi connectivity index (χ3v) is 5.08. The van der Waals surface area contributed by atoms with E-state index >= 15 is 0 Å². The maximum absolute atomic E-state index is 11.3. The Labute approximate surface area is 113 Å². The number of nitrogens with one attached hydrogen (secondary N) is 1. The van der Waals surface area contributed by atoms with Gasteiger partial charge in [0.1, 0.15) is 0 Å². The lowest BCUT2D eigenvalue weighted by Gasteiger charge is -2.45. The minimum Gasteiger partial charge on any atom is -0.381 e. The maximum atomic E-state index is 11.3. The van der Waals surface area contributed by atoms with E-state index in [1.807, 2.05) is 6.07 Å². The number of hydrogen-bond donors (Lipinski definition) is 2. The summed E-state index contributed by atoms with van der Waals surface area (Å²) in [5.41, 5.74) is 0.838. The summed E-state index contributed by atoms with van der Waals surface area (Å²) in [4.78, 5) is 2.63. The molecule has 0 spiro atoms. The average molecular weight is 281 g/mol. The third kappa shape index (κ3) is 2.75. The molecular formula is C13H19N3O2S. The van der Waals surface area contributed by atoms with Gasteiger partial charge in [0, 0.05) is 18.3 Å². The Morgan fingerprint density at radius 1 is 1.26 bits per heavy atom. The van der Waals surface area contributed by atoms with Crippen LogP contribution in [0.2, 0.25) is 0 Å². The Morgan fingerprint density at radius 3 is 2.58 bits per heavy atom. The second-order valence-electron chi connectivity index (χ2n) is 5.46. The van der Waals surface area contributed by atoms with Crippen LogP contribution in [0.4, 0.5) is 5.69 Å². The molecule has 19 heavy (non-hydrogen) atoms. The summed E-state index contributed by atoms with van der Waals surface area (Å²) in [5, 5.41) is 8.62. The summed E-state index contributed by atoms with van der Waals surface area (Å²) in [7, 11) is -3.63. The van der Waals surface area contributed by atoms with Gasteiger partial charge in [-0.1, -0.05) is 6.07 Å². The molecule has 0 aromatic heterocycles. The molecule has 1 atom stereocenters. The second kappa shape index (κ2) is 4.77. The quantitative estimate of drug-likeness (QED) is 0.861. The van der Waals surface area contributed by atoms with Gasteiger partial charge in [-0.3, -0.25) is 0 Å². The summed E-state index contributed by atoms with van der Waals surface area (Å²) in [6, 6.07) is 7.18.